The molecule has 5 rings (SSSR count). The first kappa shape index (κ1) is 20.7. The largest absolute Gasteiger partial charge is 0.497 e. The minimum atomic E-state index is -0.368. The molecule has 0 radical (unpaired) electrons. The van der Waals surface area contributed by atoms with Crippen molar-refractivity contribution in [1.29, 1.82) is 0 Å². The van der Waals surface area contributed by atoms with Gasteiger partial charge in [0.25, 0.3) is 0 Å². The van der Waals surface area contributed by atoms with E-state index in [-0.39, 0.29) is 17.2 Å². The monoisotopic (exact) mass is 433 g/mol. The zero-order valence-electron chi connectivity index (χ0n) is 18.2. The molecule has 0 N–H and O–H groups in total. The number of carbonyl (C=O) groups excluding carboxylic acids is 1. The number of rotatable bonds is 9. The van der Waals surface area contributed by atoms with Gasteiger partial charge in [-0.3, -0.25) is 4.79 Å². The molecular formula is C25H27N3O4. The maximum atomic E-state index is 13.1. The number of amides is 1. The molecule has 0 atom stereocenters. The summed E-state index contributed by atoms with van der Waals surface area (Å²) in [6.45, 7) is 2.36. The van der Waals surface area contributed by atoms with Gasteiger partial charge < -0.3 is 18.9 Å². The molecule has 2 fully saturated rings. The van der Waals surface area contributed by atoms with E-state index in [4.69, 9.17) is 14.0 Å². The number of hydrogen-bond donors (Lipinski definition) is 0. The van der Waals surface area contributed by atoms with Crippen LogP contribution in [0.25, 0.3) is 0 Å². The zero-order chi connectivity index (χ0) is 22.0. The van der Waals surface area contributed by atoms with E-state index >= 15 is 0 Å². The van der Waals surface area contributed by atoms with Gasteiger partial charge in [-0.2, -0.15) is 4.98 Å². The number of methoxy groups -OCH3 is 1. The van der Waals surface area contributed by atoms with E-state index in [0.717, 1.165) is 29.7 Å². The molecule has 32 heavy (non-hydrogen) atoms. The highest BCUT2D eigenvalue weighted by molar-refractivity contribution is 5.92. The van der Waals surface area contributed by atoms with Crippen LogP contribution in [0.2, 0.25) is 0 Å². The second-order valence-corrected chi connectivity index (χ2v) is 8.55. The summed E-state index contributed by atoms with van der Waals surface area (Å²) in [5, 5.41) is 4.08. The standard InChI is InChI=1S/C25H27N3O4/c1-30-21-9-7-20(8-10-21)25(12-13-25)24(29)28-15-19(16-28)23-26-22(27-32-23)11-14-31-17-18-5-3-2-4-6-18/h2-10,19H,11-17H2,1H3. The summed E-state index contributed by atoms with van der Waals surface area (Å²) in [4.78, 5) is 19.6. The smallest absolute Gasteiger partial charge is 0.233 e. The van der Waals surface area contributed by atoms with Crippen molar-refractivity contribution in [3.8, 4) is 5.75 Å². The minimum absolute atomic E-state index is 0.108. The number of aromatic nitrogens is 2. The van der Waals surface area contributed by atoms with Crippen molar-refractivity contribution in [1.82, 2.24) is 15.0 Å². The lowest BCUT2D eigenvalue weighted by atomic mass is 9.90. The van der Waals surface area contributed by atoms with Crippen molar-refractivity contribution in [2.24, 2.45) is 0 Å². The topological polar surface area (TPSA) is 77.7 Å². The number of ether oxygens (including phenoxy) is 2. The Morgan fingerprint density at radius 3 is 2.56 bits per heavy atom. The van der Waals surface area contributed by atoms with Crippen LogP contribution in [0, 0.1) is 0 Å². The van der Waals surface area contributed by atoms with Crippen LogP contribution in [0.3, 0.4) is 0 Å². The molecule has 7 nitrogen and oxygen atoms in total. The molecule has 2 heterocycles. The van der Waals surface area contributed by atoms with Crippen molar-refractivity contribution in [3.05, 3.63) is 77.4 Å². The SMILES string of the molecule is COc1ccc(C2(C(=O)N3CC(c4nc(CCOCc5ccccc5)no4)C3)CC2)cc1. The van der Waals surface area contributed by atoms with Gasteiger partial charge in [0.15, 0.2) is 5.82 Å². The van der Waals surface area contributed by atoms with E-state index in [1.165, 1.54) is 0 Å². The third-order valence-corrected chi connectivity index (χ3v) is 6.39. The molecule has 7 heteroatoms. The van der Waals surface area contributed by atoms with E-state index in [1.54, 1.807) is 7.11 Å². The van der Waals surface area contributed by atoms with Crippen LogP contribution in [-0.2, 0) is 28.0 Å². The fourth-order valence-electron chi connectivity index (χ4n) is 4.23. The van der Waals surface area contributed by atoms with E-state index in [9.17, 15) is 4.79 Å². The summed E-state index contributed by atoms with van der Waals surface area (Å²) in [6.07, 6.45) is 2.40. The first-order chi connectivity index (χ1) is 15.7. The zero-order valence-corrected chi connectivity index (χ0v) is 18.2. The quantitative estimate of drug-likeness (QED) is 0.481. The fraction of sp³-hybridized carbons (Fsp3) is 0.400. The van der Waals surface area contributed by atoms with Crippen LogP contribution in [0.15, 0.2) is 59.1 Å². The molecule has 0 spiro atoms. The van der Waals surface area contributed by atoms with Gasteiger partial charge in [-0.15, -0.1) is 0 Å². The van der Waals surface area contributed by atoms with Gasteiger partial charge in [-0.1, -0.05) is 47.6 Å². The Morgan fingerprint density at radius 2 is 1.88 bits per heavy atom. The Labute approximate surface area is 187 Å². The highest BCUT2D eigenvalue weighted by atomic mass is 16.5. The maximum absolute atomic E-state index is 13.1. The van der Waals surface area contributed by atoms with Crippen molar-refractivity contribution >= 4 is 5.91 Å². The third kappa shape index (κ3) is 4.12. The third-order valence-electron chi connectivity index (χ3n) is 6.39. The number of likely N-dealkylation sites (tertiary alicyclic amines) is 1. The molecule has 1 aliphatic carbocycles. The van der Waals surface area contributed by atoms with E-state index in [1.807, 2.05) is 59.5 Å². The average molecular weight is 434 g/mol. The first-order valence-electron chi connectivity index (χ1n) is 11.1. The van der Waals surface area contributed by atoms with Gasteiger partial charge in [0.05, 0.1) is 31.7 Å². The Morgan fingerprint density at radius 1 is 1.12 bits per heavy atom. The second-order valence-electron chi connectivity index (χ2n) is 8.55. The van der Waals surface area contributed by atoms with Gasteiger partial charge in [0.2, 0.25) is 11.8 Å². The predicted octanol–water partition coefficient (Wildman–Crippen LogP) is 3.50. The summed E-state index contributed by atoms with van der Waals surface area (Å²) in [7, 11) is 1.65. The molecule has 0 bridgehead atoms. The summed E-state index contributed by atoms with van der Waals surface area (Å²) in [6, 6.07) is 17.9. The Bertz CT molecular complexity index is 1050. The molecule has 2 aromatic carbocycles. The lowest BCUT2D eigenvalue weighted by Crippen LogP contribution is -2.52. The van der Waals surface area contributed by atoms with Crippen LogP contribution in [0.1, 0.15) is 41.6 Å². The fourth-order valence-corrected chi connectivity index (χ4v) is 4.23. The molecule has 1 aliphatic heterocycles. The van der Waals surface area contributed by atoms with Crippen molar-refractivity contribution < 1.29 is 18.8 Å². The Kier molecular flexibility index (Phi) is 5.66. The van der Waals surface area contributed by atoms with Gasteiger partial charge in [-0.05, 0) is 36.1 Å². The average Bonchev–Trinajstić information content (AvgIpc) is 3.49. The summed E-state index contributed by atoms with van der Waals surface area (Å²) < 4.78 is 16.4. The van der Waals surface area contributed by atoms with Gasteiger partial charge in [-0.25, -0.2) is 0 Å². The summed E-state index contributed by atoms with van der Waals surface area (Å²) in [5.41, 5.74) is 1.85. The Balaban J connectivity index is 1.10. The van der Waals surface area contributed by atoms with Crippen molar-refractivity contribution in [3.63, 3.8) is 0 Å². The van der Waals surface area contributed by atoms with Gasteiger partial charge in [0.1, 0.15) is 5.75 Å². The molecular weight excluding hydrogens is 406 g/mol. The van der Waals surface area contributed by atoms with Crippen LogP contribution >= 0.6 is 0 Å². The van der Waals surface area contributed by atoms with E-state index in [0.29, 0.717) is 44.4 Å². The first-order valence-corrected chi connectivity index (χ1v) is 11.1. The molecule has 166 valence electrons. The van der Waals surface area contributed by atoms with Crippen LogP contribution in [0.5, 0.6) is 5.75 Å². The summed E-state index contributed by atoms with van der Waals surface area (Å²) in [5.74, 6) is 2.37. The molecule has 1 aromatic heterocycles. The van der Waals surface area contributed by atoms with Gasteiger partial charge in [0, 0.05) is 19.5 Å². The van der Waals surface area contributed by atoms with E-state index < -0.39 is 0 Å². The second kappa shape index (κ2) is 8.74. The van der Waals surface area contributed by atoms with Crippen molar-refractivity contribution in [2.75, 3.05) is 26.8 Å². The number of carbonyl (C=O) groups is 1. The number of benzene rings is 2. The highest BCUT2D eigenvalue weighted by Gasteiger charge is 2.55. The highest BCUT2D eigenvalue weighted by Crippen LogP contribution is 2.51. The maximum Gasteiger partial charge on any atom is 0.233 e. The normalized spacial score (nSPS) is 17.1. The lowest BCUT2D eigenvalue weighted by Gasteiger charge is -2.39. The van der Waals surface area contributed by atoms with Crippen molar-refractivity contribution in [2.45, 2.75) is 37.2 Å². The number of nitrogens with zero attached hydrogens (tertiary/aromatic N) is 3. The minimum Gasteiger partial charge on any atom is -0.497 e. The lowest BCUT2D eigenvalue weighted by molar-refractivity contribution is -0.138. The molecule has 2 aliphatic rings. The molecule has 1 saturated carbocycles. The molecule has 1 saturated heterocycles. The predicted molar refractivity (Wildman–Crippen MR) is 117 cm³/mol. The summed E-state index contributed by atoms with van der Waals surface area (Å²) >= 11 is 0. The number of hydrogen-bond acceptors (Lipinski definition) is 6. The Hall–Kier alpha value is -3.19. The van der Waals surface area contributed by atoms with Gasteiger partial charge >= 0.3 is 0 Å². The molecule has 1 amide bonds. The van der Waals surface area contributed by atoms with E-state index in [2.05, 4.69) is 10.1 Å². The molecule has 3 aromatic rings. The van der Waals surface area contributed by atoms with Crippen LogP contribution < -0.4 is 4.74 Å². The van der Waals surface area contributed by atoms with Crippen LogP contribution in [0.4, 0.5) is 0 Å². The van der Waals surface area contributed by atoms with Crippen LogP contribution in [-0.4, -0.2) is 47.8 Å². The molecule has 0 unspecified atom stereocenters.